The summed E-state index contributed by atoms with van der Waals surface area (Å²) in [6.45, 7) is 1.85. The van der Waals surface area contributed by atoms with Crippen LogP contribution in [0.2, 0.25) is 0 Å². The summed E-state index contributed by atoms with van der Waals surface area (Å²) in [5.74, 6) is -2.29. The Morgan fingerprint density at radius 2 is 1.90 bits per heavy atom. The SMILES string of the molecule is C/C(=C1/SC(=O)N(CCCCCC(=O)O)C1=O)c1ccc(-c2ccc(F)cc2F)o1. The number of imide groups is 1. The van der Waals surface area contributed by atoms with Gasteiger partial charge in [0, 0.05) is 24.6 Å². The number of hydrogen-bond donors (Lipinski definition) is 1. The summed E-state index contributed by atoms with van der Waals surface area (Å²) in [5, 5.41) is 8.24. The van der Waals surface area contributed by atoms with Crippen molar-refractivity contribution in [3.05, 3.63) is 52.6 Å². The summed E-state index contributed by atoms with van der Waals surface area (Å²) in [7, 11) is 0. The second-order valence-corrected chi connectivity index (χ2v) is 7.73. The molecule has 1 aromatic carbocycles. The number of carboxylic acid groups (broad SMARTS) is 1. The number of thioether (sulfide) groups is 1. The van der Waals surface area contributed by atoms with Gasteiger partial charge in [0.15, 0.2) is 0 Å². The van der Waals surface area contributed by atoms with Crippen molar-refractivity contribution in [1.29, 1.82) is 0 Å². The van der Waals surface area contributed by atoms with Crippen LogP contribution in [0.3, 0.4) is 0 Å². The van der Waals surface area contributed by atoms with Gasteiger partial charge in [-0.2, -0.15) is 0 Å². The third-order valence-electron chi connectivity index (χ3n) is 4.63. The minimum Gasteiger partial charge on any atom is -0.481 e. The van der Waals surface area contributed by atoms with Crippen molar-refractivity contribution in [1.82, 2.24) is 4.90 Å². The van der Waals surface area contributed by atoms with Gasteiger partial charge < -0.3 is 9.52 Å². The third kappa shape index (κ3) is 4.79. The summed E-state index contributed by atoms with van der Waals surface area (Å²) in [6.07, 6.45) is 1.65. The Morgan fingerprint density at radius 3 is 2.60 bits per heavy atom. The first-order valence-electron chi connectivity index (χ1n) is 9.30. The molecule has 3 rings (SSSR count). The number of carboxylic acids is 1. The zero-order valence-corrected chi connectivity index (χ0v) is 16.9. The monoisotopic (exact) mass is 435 g/mol. The van der Waals surface area contributed by atoms with Crippen molar-refractivity contribution >= 4 is 34.5 Å². The fourth-order valence-corrected chi connectivity index (χ4v) is 3.94. The minimum atomic E-state index is -0.877. The first-order valence-corrected chi connectivity index (χ1v) is 10.1. The number of nitrogens with zero attached hydrogens (tertiary/aromatic N) is 1. The molecule has 0 atom stereocenters. The van der Waals surface area contributed by atoms with Crippen molar-refractivity contribution in [2.75, 3.05) is 6.54 Å². The van der Waals surface area contributed by atoms with Crippen molar-refractivity contribution in [2.24, 2.45) is 0 Å². The molecule has 0 saturated carbocycles. The number of allylic oxidation sites excluding steroid dienone is 1. The van der Waals surface area contributed by atoms with Crippen LogP contribution in [0.25, 0.3) is 16.9 Å². The van der Waals surface area contributed by atoms with E-state index in [0.717, 1.165) is 28.8 Å². The highest BCUT2D eigenvalue weighted by atomic mass is 32.2. The van der Waals surface area contributed by atoms with Gasteiger partial charge >= 0.3 is 5.97 Å². The van der Waals surface area contributed by atoms with Gasteiger partial charge in [-0.25, -0.2) is 8.78 Å². The minimum absolute atomic E-state index is 0.0520. The lowest BCUT2D eigenvalue weighted by Crippen LogP contribution is -2.29. The van der Waals surface area contributed by atoms with Crippen molar-refractivity contribution in [2.45, 2.75) is 32.6 Å². The molecule has 6 nitrogen and oxygen atoms in total. The number of furan rings is 1. The lowest BCUT2D eigenvalue weighted by atomic mass is 10.1. The predicted molar refractivity (Wildman–Crippen MR) is 107 cm³/mol. The number of carbonyl (C=O) groups is 3. The molecule has 0 unspecified atom stereocenters. The number of aliphatic carboxylic acids is 1. The number of unbranched alkanes of at least 4 members (excludes halogenated alkanes) is 2. The first-order chi connectivity index (χ1) is 14.3. The van der Waals surface area contributed by atoms with Gasteiger partial charge in [0.2, 0.25) is 0 Å². The molecular weight excluding hydrogens is 416 g/mol. The van der Waals surface area contributed by atoms with Gasteiger partial charge in [0.25, 0.3) is 11.1 Å². The molecular formula is C21H19F2NO5S. The van der Waals surface area contributed by atoms with E-state index in [4.69, 9.17) is 9.52 Å². The molecule has 1 aliphatic heterocycles. The van der Waals surface area contributed by atoms with E-state index >= 15 is 0 Å². The van der Waals surface area contributed by atoms with E-state index < -0.39 is 28.8 Å². The molecule has 0 aliphatic carbocycles. The van der Waals surface area contributed by atoms with Gasteiger partial charge in [-0.1, -0.05) is 6.42 Å². The van der Waals surface area contributed by atoms with Gasteiger partial charge in [-0.15, -0.1) is 0 Å². The predicted octanol–water partition coefficient (Wildman–Crippen LogP) is 5.30. The summed E-state index contributed by atoms with van der Waals surface area (Å²) >= 11 is 0.803. The van der Waals surface area contributed by atoms with Crippen LogP contribution in [0.15, 0.2) is 39.7 Å². The van der Waals surface area contributed by atoms with E-state index in [9.17, 15) is 23.2 Å². The summed E-state index contributed by atoms with van der Waals surface area (Å²) < 4.78 is 32.7. The maximum absolute atomic E-state index is 14.0. The van der Waals surface area contributed by atoms with Crippen LogP contribution < -0.4 is 0 Å². The molecule has 0 radical (unpaired) electrons. The largest absolute Gasteiger partial charge is 0.481 e. The molecule has 2 heterocycles. The molecule has 2 aromatic rings. The Balaban J connectivity index is 1.72. The highest BCUT2D eigenvalue weighted by Crippen LogP contribution is 2.38. The van der Waals surface area contributed by atoms with Gasteiger partial charge in [-0.05, 0) is 55.8 Å². The van der Waals surface area contributed by atoms with Crippen LogP contribution in [0.4, 0.5) is 13.6 Å². The molecule has 158 valence electrons. The molecule has 30 heavy (non-hydrogen) atoms. The first kappa shape index (κ1) is 21.8. The zero-order chi connectivity index (χ0) is 21.8. The number of carbonyl (C=O) groups excluding carboxylic acids is 2. The standard InChI is InChI=1S/C21H19F2NO5S/c1-12(16-8-9-17(29-16)14-7-6-13(22)11-15(14)23)19-20(27)24(21(28)30-19)10-4-2-3-5-18(25)26/h6-9,11H,2-5,10H2,1H3,(H,25,26)/b19-12-. The highest BCUT2D eigenvalue weighted by Gasteiger charge is 2.36. The summed E-state index contributed by atoms with van der Waals surface area (Å²) in [5.41, 5.74) is 0.533. The van der Waals surface area contributed by atoms with E-state index in [1.54, 1.807) is 13.0 Å². The fourth-order valence-electron chi connectivity index (χ4n) is 3.03. The Hall–Kier alpha value is -2.94. The summed E-state index contributed by atoms with van der Waals surface area (Å²) in [4.78, 5) is 36.8. The Morgan fingerprint density at radius 1 is 1.13 bits per heavy atom. The highest BCUT2D eigenvalue weighted by molar-refractivity contribution is 8.18. The number of rotatable bonds is 8. The van der Waals surface area contributed by atoms with Crippen LogP contribution in [0, 0.1) is 11.6 Å². The van der Waals surface area contributed by atoms with Crippen molar-refractivity contribution < 1.29 is 32.7 Å². The molecule has 0 spiro atoms. The maximum atomic E-state index is 14.0. The molecule has 9 heteroatoms. The van der Waals surface area contributed by atoms with Crippen molar-refractivity contribution in [3.8, 4) is 11.3 Å². The van der Waals surface area contributed by atoms with Crippen molar-refractivity contribution in [3.63, 3.8) is 0 Å². The normalized spacial score (nSPS) is 15.8. The second-order valence-electron chi connectivity index (χ2n) is 6.77. The van der Waals surface area contributed by atoms with E-state index in [2.05, 4.69) is 0 Å². The molecule has 1 aromatic heterocycles. The van der Waals surface area contributed by atoms with Crippen LogP contribution in [0.1, 0.15) is 38.4 Å². The lowest BCUT2D eigenvalue weighted by molar-refractivity contribution is -0.137. The van der Waals surface area contributed by atoms with Gasteiger partial charge in [-0.3, -0.25) is 19.3 Å². The average molecular weight is 435 g/mol. The molecule has 0 bridgehead atoms. The van der Waals surface area contributed by atoms with Crippen LogP contribution in [0.5, 0.6) is 0 Å². The molecule has 1 N–H and O–H groups in total. The van der Waals surface area contributed by atoms with Crippen LogP contribution >= 0.6 is 11.8 Å². The number of hydrogen-bond acceptors (Lipinski definition) is 5. The molecule has 1 aliphatic rings. The fraction of sp³-hybridized carbons (Fsp3) is 0.286. The van der Waals surface area contributed by atoms with Gasteiger partial charge in [0.05, 0.1) is 10.5 Å². The lowest BCUT2D eigenvalue weighted by Gasteiger charge is -2.12. The van der Waals surface area contributed by atoms with E-state index in [-0.39, 0.29) is 29.2 Å². The second kappa shape index (κ2) is 9.25. The number of benzene rings is 1. The third-order valence-corrected chi connectivity index (χ3v) is 5.71. The molecule has 2 amide bonds. The smallest absolute Gasteiger partial charge is 0.303 e. The van der Waals surface area contributed by atoms with E-state index in [0.29, 0.717) is 30.6 Å². The number of halogens is 2. The Kier molecular flexibility index (Phi) is 6.71. The van der Waals surface area contributed by atoms with Crippen LogP contribution in [-0.2, 0) is 9.59 Å². The van der Waals surface area contributed by atoms with E-state index in [1.165, 1.54) is 12.1 Å². The maximum Gasteiger partial charge on any atom is 0.303 e. The molecule has 1 fully saturated rings. The van der Waals surface area contributed by atoms with Gasteiger partial charge in [0.1, 0.15) is 23.2 Å². The summed E-state index contributed by atoms with van der Waals surface area (Å²) in [6, 6.07) is 6.22. The Labute approximate surface area is 175 Å². The van der Waals surface area contributed by atoms with Crippen LogP contribution in [-0.4, -0.2) is 33.7 Å². The quantitative estimate of drug-likeness (QED) is 0.447. The molecule has 1 saturated heterocycles. The number of amides is 2. The average Bonchev–Trinajstić information content (AvgIpc) is 3.27. The van der Waals surface area contributed by atoms with E-state index in [1.807, 2.05) is 0 Å². The topological polar surface area (TPSA) is 87.8 Å². The Bertz CT molecular complexity index is 1030. The zero-order valence-electron chi connectivity index (χ0n) is 16.1.